The Morgan fingerprint density at radius 2 is 1.14 bits per heavy atom. The second-order valence-corrected chi connectivity index (χ2v) is 8.40. The van der Waals surface area contributed by atoms with Crippen LogP contribution in [0.5, 0.6) is 0 Å². The number of hydrogen-bond donors (Lipinski definition) is 6. The summed E-state index contributed by atoms with van der Waals surface area (Å²) in [5.74, 6) is 0.604. The van der Waals surface area contributed by atoms with Crippen LogP contribution in [-0.4, -0.2) is 97.1 Å². The summed E-state index contributed by atoms with van der Waals surface area (Å²) in [4.78, 5) is 24.2. The monoisotopic (exact) mass is 502 g/mol. The van der Waals surface area contributed by atoms with Gasteiger partial charge in [-0.1, -0.05) is 0 Å². The lowest BCUT2D eigenvalue weighted by Crippen LogP contribution is -2.24. The molecular formula is C20H26N10O6. The molecule has 16 nitrogen and oxygen atoms in total. The van der Waals surface area contributed by atoms with Crippen molar-refractivity contribution in [3.8, 4) is 0 Å². The molecule has 0 bridgehead atoms. The van der Waals surface area contributed by atoms with E-state index in [9.17, 15) is 10.2 Å². The molecule has 0 saturated carbocycles. The molecule has 36 heavy (non-hydrogen) atoms. The van der Waals surface area contributed by atoms with Gasteiger partial charge in [0.2, 0.25) is 0 Å². The third-order valence-corrected chi connectivity index (χ3v) is 6.16. The van der Waals surface area contributed by atoms with Crippen molar-refractivity contribution in [1.29, 1.82) is 0 Å². The zero-order chi connectivity index (χ0) is 25.4. The van der Waals surface area contributed by atoms with Gasteiger partial charge in [0.15, 0.2) is 22.9 Å². The van der Waals surface area contributed by atoms with Gasteiger partial charge in [-0.2, -0.15) is 0 Å². The van der Waals surface area contributed by atoms with Crippen molar-refractivity contribution in [2.75, 3.05) is 24.7 Å². The lowest BCUT2D eigenvalue weighted by atomic mass is 10.2. The van der Waals surface area contributed by atoms with E-state index in [-0.39, 0.29) is 13.2 Å². The topological polar surface area (TPSA) is 239 Å². The second-order valence-electron chi connectivity index (χ2n) is 8.40. The highest BCUT2D eigenvalue weighted by Crippen LogP contribution is 2.32. The number of nitrogen functional groups attached to an aromatic ring is 2. The maximum Gasteiger partial charge on any atom is 0.167 e. The summed E-state index contributed by atoms with van der Waals surface area (Å²) in [6.45, 7) is -0.442. The number of ether oxygens (including phenoxy) is 2. The Hall–Kier alpha value is -3.54. The van der Waals surface area contributed by atoms with E-state index in [1.165, 1.54) is 12.7 Å². The first-order valence-corrected chi connectivity index (χ1v) is 11.2. The minimum Gasteiger partial charge on any atom is -0.394 e. The quantitative estimate of drug-likeness (QED) is 0.179. The van der Waals surface area contributed by atoms with E-state index in [1.54, 1.807) is 21.8 Å². The molecule has 6 atom stereocenters. The number of nitrogens with zero attached hydrogens (tertiary/aromatic N) is 8. The number of aliphatic hydroxyl groups excluding tert-OH is 4. The Morgan fingerprint density at radius 3 is 1.50 bits per heavy atom. The van der Waals surface area contributed by atoms with Crippen molar-refractivity contribution in [2.24, 2.45) is 0 Å². The zero-order valence-corrected chi connectivity index (χ0v) is 18.9. The maximum absolute atomic E-state index is 9.71. The van der Waals surface area contributed by atoms with Crippen LogP contribution in [0.2, 0.25) is 0 Å². The van der Waals surface area contributed by atoms with Crippen LogP contribution in [0.15, 0.2) is 25.3 Å². The van der Waals surface area contributed by atoms with E-state index >= 15 is 0 Å². The molecule has 0 aliphatic carbocycles. The van der Waals surface area contributed by atoms with Crippen LogP contribution in [0, 0.1) is 0 Å². The van der Waals surface area contributed by atoms with E-state index in [0.29, 0.717) is 46.8 Å². The molecule has 6 heterocycles. The Kier molecular flexibility index (Phi) is 6.61. The number of fused-ring (bicyclic) bond motifs is 2. The van der Waals surface area contributed by atoms with Crippen molar-refractivity contribution >= 4 is 34.0 Å². The van der Waals surface area contributed by atoms with Crippen LogP contribution < -0.4 is 11.5 Å². The van der Waals surface area contributed by atoms with Gasteiger partial charge in [0.1, 0.15) is 48.4 Å². The number of nitrogens with two attached hydrogens (primary N) is 2. The zero-order valence-electron chi connectivity index (χ0n) is 18.9. The van der Waals surface area contributed by atoms with Crippen LogP contribution >= 0.6 is 0 Å². The Bertz CT molecular complexity index is 1250. The van der Waals surface area contributed by atoms with E-state index in [2.05, 4.69) is 29.9 Å². The smallest absolute Gasteiger partial charge is 0.167 e. The van der Waals surface area contributed by atoms with E-state index in [4.69, 9.17) is 31.2 Å². The van der Waals surface area contributed by atoms with E-state index < -0.39 is 36.9 Å². The first-order chi connectivity index (χ1) is 17.4. The molecule has 6 rings (SSSR count). The van der Waals surface area contributed by atoms with E-state index in [0.717, 1.165) is 0 Å². The molecule has 4 aromatic heterocycles. The maximum atomic E-state index is 9.71. The molecule has 0 radical (unpaired) electrons. The average Bonchev–Trinajstić information content (AvgIpc) is 3.64. The lowest BCUT2D eigenvalue weighted by Gasteiger charge is -2.13. The summed E-state index contributed by atoms with van der Waals surface area (Å²) in [7, 11) is 0. The highest BCUT2D eigenvalue weighted by Gasteiger charge is 2.36. The molecule has 0 amide bonds. The van der Waals surface area contributed by atoms with Gasteiger partial charge in [-0.3, -0.25) is 9.13 Å². The molecule has 4 aromatic rings. The van der Waals surface area contributed by atoms with Gasteiger partial charge in [-0.25, -0.2) is 29.9 Å². The molecular weight excluding hydrogens is 476 g/mol. The SMILES string of the molecule is Nc1ncnc2c1ncn2[C@H]1C[C@H](O)[C@@H](CO)O1.Nc1ncnc2c1ncn2[C@H]1C[C@H](O)[C@@H](CO)O1. The minimum atomic E-state index is -0.698. The summed E-state index contributed by atoms with van der Waals surface area (Å²) in [6.07, 6.45) is 3.19. The number of hydrogen-bond acceptors (Lipinski definition) is 14. The van der Waals surface area contributed by atoms with Gasteiger partial charge < -0.3 is 41.4 Å². The van der Waals surface area contributed by atoms with Crippen LogP contribution in [0.1, 0.15) is 25.3 Å². The molecule has 0 aromatic carbocycles. The van der Waals surface area contributed by atoms with Gasteiger partial charge in [0.25, 0.3) is 0 Å². The number of aromatic nitrogens is 8. The number of anilines is 2. The predicted octanol–water partition coefficient (Wildman–Crippen LogP) is -1.90. The molecule has 2 fully saturated rings. The Balaban J connectivity index is 0.000000148. The Morgan fingerprint density at radius 1 is 0.722 bits per heavy atom. The van der Waals surface area contributed by atoms with Crippen molar-refractivity contribution in [3.05, 3.63) is 25.3 Å². The van der Waals surface area contributed by atoms with Gasteiger partial charge in [-0.05, 0) is 0 Å². The number of aliphatic hydroxyl groups is 4. The van der Waals surface area contributed by atoms with Crippen LogP contribution in [0.25, 0.3) is 22.3 Å². The Labute approximate surface area is 203 Å². The summed E-state index contributed by atoms with van der Waals surface area (Å²) in [5.41, 5.74) is 13.5. The summed E-state index contributed by atoms with van der Waals surface area (Å²) in [6, 6.07) is 0. The molecule has 2 saturated heterocycles. The molecule has 2 aliphatic rings. The fourth-order valence-corrected chi connectivity index (χ4v) is 4.26. The number of rotatable bonds is 4. The van der Waals surface area contributed by atoms with Gasteiger partial charge in [0.05, 0.1) is 38.1 Å². The highest BCUT2D eigenvalue weighted by atomic mass is 16.5. The van der Waals surface area contributed by atoms with E-state index in [1.807, 2.05) is 0 Å². The van der Waals surface area contributed by atoms with Gasteiger partial charge in [0, 0.05) is 12.8 Å². The van der Waals surface area contributed by atoms with Crippen molar-refractivity contribution in [3.63, 3.8) is 0 Å². The minimum absolute atomic E-state index is 0.221. The molecule has 8 N–H and O–H groups in total. The van der Waals surface area contributed by atoms with Gasteiger partial charge >= 0.3 is 0 Å². The fraction of sp³-hybridized carbons (Fsp3) is 0.500. The van der Waals surface area contributed by atoms with Crippen LogP contribution in [-0.2, 0) is 9.47 Å². The van der Waals surface area contributed by atoms with Crippen molar-refractivity contribution < 1.29 is 29.9 Å². The summed E-state index contributed by atoms with van der Waals surface area (Å²) >= 11 is 0. The molecule has 192 valence electrons. The molecule has 0 unspecified atom stereocenters. The standard InChI is InChI=1S/2C10H13N5O3/c2*11-9-8-10(13-3-12-9)15(4-14-8)7-1-5(17)6(2-16)18-7/h2*3-7,16-17H,1-2H2,(H2,11,12,13)/t2*5-,6+,7+/m00/s1. The average molecular weight is 502 g/mol. The first-order valence-electron chi connectivity index (χ1n) is 11.2. The second kappa shape index (κ2) is 9.84. The van der Waals surface area contributed by atoms with Crippen molar-refractivity contribution in [1.82, 2.24) is 39.0 Å². The largest absolute Gasteiger partial charge is 0.394 e. The first kappa shape index (κ1) is 24.2. The van der Waals surface area contributed by atoms with Crippen LogP contribution in [0.4, 0.5) is 11.6 Å². The van der Waals surface area contributed by atoms with Gasteiger partial charge in [-0.15, -0.1) is 0 Å². The fourth-order valence-electron chi connectivity index (χ4n) is 4.26. The normalized spacial score (nSPS) is 28.0. The lowest BCUT2D eigenvalue weighted by molar-refractivity contribution is -0.0432. The molecule has 0 spiro atoms. The van der Waals surface area contributed by atoms with Crippen LogP contribution in [0.3, 0.4) is 0 Å². The summed E-state index contributed by atoms with van der Waals surface area (Å²) < 4.78 is 14.4. The third-order valence-electron chi connectivity index (χ3n) is 6.16. The molecule has 2 aliphatic heterocycles. The predicted molar refractivity (Wildman–Crippen MR) is 123 cm³/mol. The summed E-state index contributed by atoms with van der Waals surface area (Å²) in [5, 5.41) is 37.5. The highest BCUT2D eigenvalue weighted by molar-refractivity contribution is 5.81. The number of imidazole rings is 2. The molecule has 16 heteroatoms. The third kappa shape index (κ3) is 4.29. The van der Waals surface area contributed by atoms with Crippen molar-refractivity contribution in [2.45, 2.75) is 49.7 Å².